The van der Waals surface area contributed by atoms with Crippen LogP contribution in [0.15, 0.2) is 0 Å². The summed E-state index contributed by atoms with van der Waals surface area (Å²) in [6.07, 6.45) is -4.94. The van der Waals surface area contributed by atoms with Gasteiger partial charge in [-0.25, -0.2) is 0 Å². The molecule has 18 heavy (non-hydrogen) atoms. The number of carbonyl (C=O) groups excluding carboxylic acids is 2. The Balaban J connectivity index is 2.59. The van der Waals surface area contributed by atoms with Crippen LogP contribution < -0.4 is 5.32 Å². The number of hydrogen-bond donors (Lipinski definition) is 1. The molecule has 1 atom stereocenters. The number of alkyl halides is 3. The molecule has 1 heterocycles. The summed E-state index contributed by atoms with van der Waals surface area (Å²) in [4.78, 5) is 24.6. The summed E-state index contributed by atoms with van der Waals surface area (Å²) in [5, 5.41) is 2.58. The highest BCUT2D eigenvalue weighted by Crippen LogP contribution is 2.23. The van der Waals surface area contributed by atoms with E-state index in [0.717, 1.165) is 0 Å². The van der Waals surface area contributed by atoms with Crippen LogP contribution in [0.25, 0.3) is 0 Å². The van der Waals surface area contributed by atoms with Gasteiger partial charge in [0, 0.05) is 13.0 Å². The zero-order valence-corrected chi connectivity index (χ0v) is 10.4. The SMILES string of the molecule is CCC1(C)NC(=O)CN(CCCC(F)(F)F)C1=O. The summed E-state index contributed by atoms with van der Waals surface area (Å²) < 4.78 is 36.1. The van der Waals surface area contributed by atoms with Crippen molar-refractivity contribution in [2.75, 3.05) is 13.1 Å². The summed E-state index contributed by atoms with van der Waals surface area (Å²) in [5.41, 5.74) is -0.992. The maximum absolute atomic E-state index is 12.0. The number of carbonyl (C=O) groups is 2. The van der Waals surface area contributed by atoms with E-state index in [0.29, 0.717) is 6.42 Å². The lowest BCUT2D eigenvalue weighted by molar-refractivity contribution is -0.151. The number of hydrogen-bond acceptors (Lipinski definition) is 2. The monoisotopic (exact) mass is 266 g/mol. The van der Waals surface area contributed by atoms with Crippen LogP contribution in [0.4, 0.5) is 13.2 Å². The molecule has 0 aromatic heterocycles. The third-order valence-corrected chi connectivity index (χ3v) is 3.10. The minimum Gasteiger partial charge on any atom is -0.340 e. The molecule has 1 aliphatic rings. The van der Waals surface area contributed by atoms with Gasteiger partial charge < -0.3 is 10.2 Å². The molecule has 1 aliphatic heterocycles. The van der Waals surface area contributed by atoms with Crippen LogP contribution in [-0.2, 0) is 9.59 Å². The number of piperazine rings is 1. The van der Waals surface area contributed by atoms with Crippen molar-refractivity contribution in [1.82, 2.24) is 10.2 Å². The lowest BCUT2D eigenvalue weighted by Gasteiger charge is -2.39. The number of rotatable bonds is 4. The van der Waals surface area contributed by atoms with Crippen LogP contribution >= 0.6 is 0 Å². The van der Waals surface area contributed by atoms with E-state index in [1.165, 1.54) is 4.90 Å². The van der Waals surface area contributed by atoms with Crippen molar-refractivity contribution >= 4 is 11.8 Å². The first-order valence-electron chi connectivity index (χ1n) is 5.85. The highest BCUT2D eigenvalue weighted by molar-refractivity contribution is 5.97. The van der Waals surface area contributed by atoms with Crippen LogP contribution in [0.3, 0.4) is 0 Å². The van der Waals surface area contributed by atoms with Crippen LogP contribution in [0.2, 0.25) is 0 Å². The van der Waals surface area contributed by atoms with E-state index >= 15 is 0 Å². The predicted octanol–water partition coefficient (Wildman–Crippen LogP) is 1.46. The van der Waals surface area contributed by atoms with Crippen molar-refractivity contribution in [3.8, 4) is 0 Å². The molecule has 0 saturated carbocycles. The molecule has 1 saturated heterocycles. The summed E-state index contributed by atoms with van der Waals surface area (Å²) in [5.74, 6) is -0.641. The lowest BCUT2D eigenvalue weighted by atomic mass is 9.94. The van der Waals surface area contributed by atoms with E-state index in [2.05, 4.69) is 5.32 Å². The van der Waals surface area contributed by atoms with Gasteiger partial charge >= 0.3 is 6.18 Å². The van der Waals surface area contributed by atoms with Crippen molar-refractivity contribution in [2.45, 2.75) is 44.8 Å². The van der Waals surface area contributed by atoms with Crippen LogP contribution in [0.5, 0.6) is 0 Å². The molecular formula is C11H17F3N2O2. The number of amides is 2. The summed E-state index contributed by atoms with van der Waals surface area (Å²) >= 11 is 0. The molecule has 1 rings (SSSR count). The quantitative estimate of drug-likeness (QED) is 0.837. The van der Waals surface area contributed by atoms with Gasteiger partial charge in [0.1, 0.15) is 5.54 Å². The smallest absolute Gasteiger partial charge is 0.340 e. The normalized spacial score (nSPS) is 25.3. The van der Waals surface area contributed by atoms with E-state index in [4.69, 9.17) is 0 Å². The number of halogens is 3. The second kappa shape index (κ2) is 5.16. The topological polar surface area (TPSA) is 49.4 Å². The molecule has 1 N–H and O–H groups in total. The van der Waals surface area contributed by atoms with Gasteiger partial charge in [0.25, 0.3) is 0 Å². The molecule has 0 spiro atoms. The first-order chi connectivity index (χ1) is 8.18. The molecule has 0 aliphatic carbocycles. The third kappa shape index (κ3) is 3.61. The molecule has 0 radical (unpaired) electrons. The van der Waals surface area contributed by atoms with E-state index in [1.807, 2.05) is 0 Å². The summed E-state index contributed by atoms with van der Waals surface area (Å²) in [7, 11) is 0. The summed E-state index contributed by atoms with van der Waals surface area (Å²) in [6.45, 7) is 3.13. The average Bonchev–Trinajstić information content (AvgIpc) is 2.23. The minimum absolute atomic E-state index is 0.0403. The molecule has 104 valence electrons. The largest absolute Gasteiger partial charge is 0.389 e. The first kappa shape index (κ1) is 14.8. The van der Waals surface area contributed by atoms with E-state index < -0.39 is 18.1 Å². The van der Waals surface area contributed by atoms with Crippen LogP contribution in [-0.4, -0.2) is 41.5 Å². The van der Waals surface area contributed by atoms with E-state index in [1.54, 1.807) is 13.8 Å². The predicted molar refractivity (Wildman–Crippen MR) is 58.7 cm³/mol. The van der Waals surface area contributed by atoms with Crippen molar-refractivity contribution in [1.29, 1.82) is 0 Å². The van der Waals surface area contributed by atoms with Gasteiger partial charge in [-0.2, -0.15) is 13.2 Å². The van der Waals surface area contributed by atoms with Crippen molar-refractivity contribution in [2.24, 2.45) is 0 Å². The Morgan fingerprint density at radius 1 is 1.39 bits per heavy atom. The van der Waals surface area contributed by atoms with Crippen molar-refractivity contribution in [3.05, 3.63) is 0 Å². The van der Waals surface area contributed by atoms with E-state index in [9.17, 15) is 22.8 Å². The fraction of sp³-hybridized carbons (Fsp3) is 0.818. The van der Waals surface area contributed by atoms with Gasteiger partial charge in [-0.05, 0) is 19.8 Å². The Labute approximate surface area is 104 Å². The maximum atomic E-state index is 12.0. The maximum Gasteiger partial charge on any atom is 0.389 e. The zero-order valence-electron chi connectivity index (χ0n) is 10.4. The Morgan fingerprint density at radius 3 is 2.50 bits per heavy atom. The van der Waals surface area contributed by atoms with Gasteiger partial charge in [0.15, 0.2) is 0 Å². The molecule has 0 aromatic rings. The number of nitrogens with one attached hydrogen (secondary N) is 1. The molecule has 2 amide bonds. The van der Waals surface area contributed by atoms with Crippen LogP contribution in [0, 0.1) is 0 Å². The van der Waals surface area contributed by atoms with Crippen molar-refractivity contribution < 1.29 is 22.8 Å². The van der Waals surface area contributed by atoms with Gasteiger partial charge in [-0.3, -0.25) is 9.59 Å². The second-order valence-electron chi connectivity index (χ2n) is 4.68. The molecule has 0 bridgehead atoms. The average molecular weight is 266 g/mol. The second-order valence-corrected chi connectivity index (χ2v) is 4.68. The van der Waals surface area contributed by atoms with Crippen LogP contribution in [0.1, 0.15) is 33.1 Å². The first-order valence-corrected chi connectivity index (χ1v) is 5.85. The van der Waals surface area contributed by atoms with E-state index in [-0.39, 0.29) is 31.3 Å². The third-order valence-electron chi connectivity index (χ3n) is 3.10. The highest BCUT2D eigenvalue weighted by atomic mass is 19.4. The van der Waals surface area contributed by atoms with Gasteiger partial charge in [0.05, 0.1) is 6.54 Å². The fourth-order valence-electron chi connectivity index (χ4n) is 1.89. The van der Waals surface area contributed by atoms with Crippen molar-refractivity contribution in [3.63, 3.8) is 0 Å². The van der Waals surface area contributed by atoms with Gasteiger partial charge in [-0.15, -0.1) is 0 Å². The molecule has 1 unspecified atom stereocenters. The Morgan fingerprint density at radius 2 is 2.00 bits per heavy atom. The summed E-state index contributed by atoms with van der Waals surface area (Å²) in [6, 6.07) is 0. The fourth-order valence-corrected chi connectivity index (χ4v) is 1.89. The minimum atomic E-state index is -4.23. The molecule has 7 heteroatoms. The number of nitrogens with zero attached hydrogens (tertiary/aromatic N) is 1. The van der Waals surface area contributed by atoms with Gasteiger partial charge in [-0.1, -0.05) is 6.92 Å². The van der Waals surface area contributed by atoms with Gasteiger partial charge in [0.2, 0.25) is 11.8 Å². The molecule has 4 nitrogen and oxygen atoms in total. The molecule has 1 fully saturated rings. The lowest BCUT2D eigenvalue weighted by Crippen LogP contribution is -2.65. The molecule has 0 aromatic carbocycles. The Bertz CT molecular complexity index is 344. The Hall–Kier alpha value is -1.27. The molecular weight excluding hydrogens is 249 g/mol. The standard InChI is InChI=1S/C11H17F3N2O2/c1-3-10(2)9(18)16(7-8(17)15-10)6-4-5-11(12,13)14/h3-7H2,1-2H3,(H,15,17). The zero-order chi connectivity index (χ0) is 14.0. The highest BCUT2D eigenvalue weighted by Gasteiger charge is 2.41. The Kier molecular flexibility index (Phi) is 4.24.